The summed E-state index contributed by atoms with van der Waals surface area (Å²) >= 11 is 0. The smallest absolute Gasteiger partial charge is 0.261 e. The van der Waals surface area contributed by atoms with Crippen LogP contribution in [0.1, 0.15) is 66.8 Å². The quantitative estimate of drug-likeness (QED) is 0.688. The Morgan fingerprint density at radius 3 is 2.50 bits per heavy atom. The first-order valence-corrected chi connectivity index (χ1v) is 9.59. The molecule has 0 fully saturated rings. The number of hydrogen-bond donors (Lipinski definition) is 1. The van der Waals surface area contributed by atoms with Gasteiger partial charge in [0.2, 0.25) is 0 Å². The Kier molecular flexibility index (Phi) is 7.19. The first-order valence-electron chi connectivity index (χ1n) is 9.59. The van der Waals surface area contributed by atoms with Gasteiger partial charge >= 0.3 is 0 Å². The molecule has 0 saturated heterocycles. The van der Waals surface area contributed by atoms with E-state index in [1.54, 1.807) is 6.07 Å². The summed E-state index contributed by atoms with van der Waals surface area (Å²) in [5.74, 6) is -0.323. The zero-order chi connectivity index (χ0) is 19.1. The fourth-order valence-corrected chi connectivity index (χ4v) is 3.37. The van der Waals surface area contributed by atoms with Gasteiger partial charge < -0.3 is 9.88 Å². The van der Waals surface area contributed by atoms with E-state index in [1.807, 2.05) is 45.0 Å². The Morgan fingerprint density at radius 2 is 1.81 bits per heavy atom. The van der Waals surface area contributed by atoms with Crippen LogP contribution in [0.2, 0.25) is 0 Å². The number of aromatic nitrogens is 1. The van der Waals surface area contributed by atoms with Crippen LogP contribution in [0.25, 0.3) is 0 Å². The fourth-order valence-electron chi connectivity index (χ4n) is 3.37. The molecule has 1 N–H and O–H groups in total. The Hall–Kier alpha value is -2.36. The van der Waals surface area contributed by atoms with Gasteiger partial charge in [-0.15, -0.1) is 0 Å². The molecule has 2 aromatic rings. The van der Waals surface area contributed by atoms with Crippen molar-refractivity contribution < 1.29 is 4.79 Å². The van der Waals surface area contributed by atoms with Crippen LogP contribution >= 0.6 is 0 Å². The van der Waals surface area contributed by atoms with Crippen LogP contribution in [0, 0.1) is 13.8 Å². The molecular formula is C22H30N2O2. The highest BCUT2D eigenvalue weighted by Gasteiger charge is 2.18. The van der Waals surface area contributed by atoms with Gasteiger partial charge in [0, 0.05) is 29.7 Å². The van der Waals surface area contributed by atoms with Crippen LogP contribution in [0.4, 0.5) is 5.69 Å². The lowest BCUT2D eigenvalue weighted by molar-refractivity contribution is 0.102. The Labute approximate surface area is 156 Å². The highest BCUT2D eigenvalue weighted by Crippen LogP contribution is 2.17. The zero-order valence-electron chi connectivity index (χ0n) is 16.4. The van der Waals surface area contributed by atoms with Crippen molar-refractivity contribution in [1.29, 1.82) is 0 Å². The summed E-state index contributed by atoms with van der Waals surface area (Å²) in [5, 5.41) is 2.93. The molecule has 0 aliphatic heterocycles. The van der Waals surface area contributed by atoms with Crippen molar-refractivity contribution in [2.45, 2.75) is 66.3 Å². The van der Waals surface area contributed by atoms with Crippen LogP contribution in [0.3, 0.4) is 0 Å². The summed E-state index contributed by atoms with van der Waals surface area (Å²) < 4.78 is 2.09. The van der Waals surface area contributed by atoms with Crippen LogP contribution in [0.15, 0.2) is 35.1 Å². The average Bonchev–Trinajstić information content (AvgIpc) is 2.61. The molecule has 0 unspecified atom stereocenters. The van der Waals surface area contributed by atoms with E-state index in [1.165, 1.54) is 12.8 Å². The lowest BCUT2D eigenvalue weighted by Crippen LogP contribution is -2.27. The van der Waals surface area contributed by atoms with Crippen LogP contribution in [-0.4, -0.2) is 10.5 Å². The number of pyridine rings is 1. The Bertz CT molecular complexity index is 821. The summed E-state index contributed by atoms with van der Waals surface area (Å²) in [6, 6.07) is 9.29. The molecule has 0 bridgehead atoms. The van der Waals surface area contributed by atoms with Gasteiger partial charge in [0.15, 0.2) is 5.43 Å². The average molecular weight is 354 g/mol. The number of nitrogens with one attached hydrogen (secondary N) is 1. The SMILES string of the molecule is CCCCCCn1c(C)cc(=O)c(C(=O)Nc2ccccc2CC)c1C. The molecule has 1 amide bonds. The van der Waals surface area contributed by atoms with Crippen molar-refractivity contribution in [1.82, 2.24) is 4.57 Å². The second-order valence-electron chi connectivity index (χ2n) is 6.79. The van der Waals surface area contributed by atoms with Crippen molar-refractivity contribution in [2.24, 2.45) is 0 Å². The molecule has 0 aliphatic carbocycles. The molecule has 1 aromatic carbocycles. The predicted molar refractivity (Wildman–Crippen MR) is 108 cm³/mol. The van der Waals surface area contributed by atoms with Crippen molar-refractivity contribution >= 4 is 11.6 Å². The number of unbranched alkanes of at least 4 members (excludes halogenated alkanes) is 3. The predicted octanol–water partition coefficient (Wildman–Crippen LogP) is 4.86. The summed E-state index contributed by atoms with van der Waals surface area (Å²) in [7, 11) is 0. The van der Waals surface area contributed by atoms with Crippen molar-refractivity contribution in [2.75, 3.05) is 5.32 Å². The van der Waals surface area contributed by atoms with Gasteiger partial charge in [0.1, 0.15) is 5.56 Å². The van der Waals surface area contributed by atoms with E-state index >= 15 is 0 Å². The van der Waals surface area contributed by atoms with Gasteiger partial charge in [0.25, 0.3) is 5.91 Å². The van der Waals surface area contributed by atoms with E-state index in [0.717, 1.165) is 48.4 Å². The minimum absolute atomic E-state index is 0.212. The number of rotatable bonds is 8. The van der Waals surface area contributed by atoms with Gasteiger partial charge in [-0.25, -0.2) is 0 Å². The molecule has 26 heavy (non-hydrogen) atoms. The molecule has 0 atom stereocenters. The summed E-state index contributed by atoms with van der Waals surface area (Å²) in [5.41, 5.74) is 3.53. The fraction of sp³-hybridized carbons (Fsp3) is 0.455. The van der Waals surface area contributed by atoms with E-state index in [9.17, 15) is 9.59 Å². The normalized spacial score (nSPS) is 10.8. The maximum Gasteiger partial charge on any atom is 0.261 e. The highest BCUT2D eigenvalue weighted by molar-refractivity contribution is 6.05. The number of para-hydroxylation sites is 1. The van der Waals surface area contributed by atoms with Gasteiger partial charge in [-0.05, 0) is 38.3 Å². The first-order chi connectivity index (χ1) is 12.5. The number of amides is 1. The molecule has 0 aliphatic rings. The lowest BCUT2D eigenvalue weighted by Gasteiger charge is -2.18. The van der Waals surface area contributed by atoms with Crippen LogP contribution < -0.4 is 10.7 Å². The minimum Gasteiger partial charge on any atom is -0.348 e. The molecule has 1 aromatic heterocycles. The van der Waals surface area contributed by atoms with Gasteiger partial charge in [-0.2, -0.15) is 0 Å². The number of hydrogen-bond acceptors (Lipinski definition) is 2. The summed E-state index contributed by atoms with van der Waals surface area (Å²) in [4.78, 5) is 25.3. The Balaban J connectivity index is 2.30. The molecule has 4 nitrogen and oxygen atoms in total. The third kappa shape index (κ3) is 4.63. The third-order valence-electron chi connectivity index (χ3n) is 4.89. The molecule has 140 valence electrons. The molecule has 0 radical (unpaired) electrons. The number of carbonyl (C=O) groups excluding carboxylic acids is 1. The molecular weight excluding hydrogens is 324 g/mol. The third-order valence-corrected chi connectivity index (χ3v) is 4.89. The standard InChI is InChI=1S/C22H30N2O2/c1-5-7-8-11-14-24-16(3)15-20(25)21(17(24)4)22(26)23-19-13-10-9-12-18(19)6-2/h9-10,12-13,15H,5-8,11,14H2,1-4H3,(H,23,26). The number of anilines is 1. The summed E-state index contributed by atoms with van der Waals surface area (Å²) in [6.45, 7) is 8.87. The topological polar surface area (TPSA) is 51.1 Å². The number of carbonyl (C=O) groups is 1. The van der Waals surface area contributed by atoms with Gasteiger partial charge in [-0.3, -0.25) is 9.59 Å². The maximum atomic E-state index is 12.8. The largest absolute Gasteiger partial charge is 0.348 e. The second-order valence-corrected chi connectivity index (χ2v) is 6.79. The highest BCUT2D eigenvalue weighted by atomic mass is 16.2. The van der Waals surface area contributed by atoms with Crippen LogP contribution in [-0.2, 0) is 13.0 Å². The van der Waals surface area contributed by atoms with E-state index in [-0.39, 0.29) is 16.9 Å². The van der Waals surface area contributed by atoms with E-state index in [2.05, 4.69) is 16.8 Å². The monoisotopic (exact) mass is 354 g/mol. The van der Waals surface area contributed by atoms with E-state index in [0.29, 0.717) is 0 Å². The minimum atomic E-state index is -0.323. The first kappa shape index (κ1) is 20.0. The maximum absolute atomic E-state index is 12.8. The zero-order valence-corrected chi connectivity index (χ0v) is 16.4. The molecule has 2 rings (SSSR count). The molecule has 0 spiro atoms. The van der Waals surface area contributed by atoms with E-state index in [4.69, 9.17) is 0 Å². The van der Waals surface area contributed by atoms with Gasteiger partial charge in [0.05, 0.1) is 0 Å². The lowest BCUT2D eigenvalue weighted by atomic mass is 10.1. The number of nitrogens with zero attached hydrogens (tertiary/aromatic N) is 1. The number of aryl methyl sites for hydroxylation is 2. The molecule has 4 heteroatoms. The second kappa shape index (κ2) is 9.37. The number of benzene rings is 1. The van der Waals surface area contributed by atoms with E-state index < -0.39 is 0 Å². The van der Waals surface area contributed by atoms with Crippen LogP contribution in [0.5, 0.6) is 0 Å². The summed E-state index contributed by atoms with van der Waals surface area (Å²) in [6.07, 6.45) is 5.43. The molecule has 0 saturated carbocycles. The molecule has 1 heterocycles. The van der Waals surface area contributed by atoms with Crippen molar-refractivity contribution in [3.63, 3.8) is 0 Å². The van der Waals surface area contributed by atoms with Crippen molar-refractivity contribution in [3.05, 3.63) is 63.1 Å². The Morgan fingerprint density at radius 1 is 1.08 bits per heavy atom. The van der Waals surface area contributed by atoms with Crippen molar-refractivity contribution in [3.8, 4) is 0 Å². The van der Waals surface area contributed by atoms with Gasteiger partial charge in [-0.1, -0.05) is 51.3 Å².